The van der Waals surface area contributed by atoms with E-state index in [1.54, 1.807) is 29.1 Å². The highest BCUT2D eigenvalue weighted by Gasteiger charge is 2.30. The summed E-state index contributed by atoms with van der Waals surface area (Å²) in [5.41, 5.74) is 0.804. The molecule has 1 aromatic heterocycles. The number of hydrogen-bond acceptors (Lipinski definition) is 1. The van der Waals surface area contributed by atoms with E-state index in [9.17, 15) is 13.2 Å². The first-order chi connectivity index (χ1) is 9.54. The molecule has 5 heteroatoms. The lowest BCUT2D eigenvalue weighted by Gasteiger charge is -2.09. The first-order valence-electron chi connectivity index (χ1n) is 6.02. The Hall–Kier alpha value is -2.30. The molecule has 101 valence electrons. The summed E-state index contributed by atoms with van der Waals surface area (Å²) in [6.45, 7) is 0.303. The molecule has 0 saturated heterocycles. The Balaban J connectivity index is 1.95. The summed E-state index contributed by atoms with van der Waals surface area (Å²) in [5, 5.41) is 5.11. The highest BCUT2D eigenvalue weighted by atomic mass is 19.4. The normalized spacial score (nSPS) is 11.9. The van der Waals surface area contributed by atoms with Crippen molar-refractivity contribution in [3.05, 3.63) is 65.9 Å². The minimum absolute atomic E-state index is 0.303. The fraction of sp³-hybridized carbons (Fsp3) is 0.133. The molecule has 2 nitrogen and oxygen atoms in total. The van der Waals surface area contributed by atoms with Crippen molar-refractivity contribution in [2.45, 2.75) is 12.7 Å². The number of hydrogen-bond donors (Lipinski definition) is 0. The number of nitrogens with zero attached hydrogens (tertiary/aromatic N) is 2. The number of halogens is 3. The minimum Gasteiger partial charge on any atom is -0.260 e. The number of benzene rings is 2. The maximum Gasteiger partial charge on any atom is 0.416 e. The van der Waals surface area contributed by atoms with E-state index < -0.39 is 11.7 Å². The quantitative estimate of drug-likeness (QED) is 0.693. The van der Waals surface area contributed by atoms with E-state index in [1.165, 1.54) is 6.07 Å². The minimum atomic E-state index is -4.32. The molecule has 3 aromatic rings. The van der Waals surface area contributed by atoms with Gasteiger partial charge in [-0.15, -0.1) is 0 Å². The molecule has 0 atom stereocenters. The van der Waals surface area contributed by atoms with Gasteiger partial charge in [-0.1, -0.05) is 18.2 Å². The third-order valence-corrected chi connectivity index (χ3v) is 3.07. The van der Waals surface area contributed by atoms with Gasteiger partial charge in [-0.25, -0.2) is 0 Å². The smallest absolute Gasteiger partial charge is 0.260 e. The van der Waals surface area contributed by atoms with Gasteiger partial charge in [-0.05, 0) is 35.9 Å². The fourth-order valence-corrected chi connectivity index (χ4v) is 2.11. The van der Waals surface area contributed by atoms with Gasteiger partial charge in [0.2, 0.25) is 0 Å². The van der Waals surface area contributed by atoms with E-state index in [0.29, 0.717) is 12.1 Å². The molecule has 0 fully saturated rings. The summed E-state index contributed by atoms with van der Waals surface area (Å²) in [4.78, 5) is 0. The summed E-state index contributed by atoms with van der Waals surface area (Å²) in [5.74, 6) is 0. The highest BCUT2D eigenvalue weighted by Crippen LogP contribution is 2.29. The van der Waals surface area contributed by atoms with Crippen LogP contribution in [0.4, 0.5) is 13.2 Å². The van der Waals surface area contributed by atoms with Gasteiger partial charge in [0.1, 0.15) is 0 Å². The Bertz CT molecular complexity index is 744. The van der Waals surface area contributed by atoms with Crippen LogP contribution in [-0.2, 0) is 12.7 Å². The van der Waals surface area contributed by atoms with Crippen LogP contribution in [0, 0.1) is 6.07 Å². The van der Waals surface area contributed by atoms with Gasteiger partial charge in [0, 0.05) is 5.39 Å². The molecular weight excluding hydrogens is 265 g/mol. The third kappa shape index (κ3) is 2.39. The van der Waals surface area contributed by atoms with E-state index in [2.05, 4.69) is 11.2 Å². The van der Waals surface area contributed by atoms with E-state index in [1.807, 2.05) is 6.07 Å². The molecule has 0 N–H and O–H groups in total. The Kier molecular flexibility index (Phi) is 2.97. The van der Waals surface area contributed by atoms with Crippen LogP contribution in [0.1, 0.15) is 11.1 Å². The molecular formula is C15H10F3N2. The van der Waals surface area contributed by atoms with Crippen LogP contribution in [0.5, 0.6) is 0 Å². The summed E-state index contributed by atoms with van der Waals surface area (Å²) in [6, 6.07) is 13.6. The van der Waals surface area contributed by atoms with E-state index in [0.717, 1.165) is 23.0 Å². The summed E-state index contributed by atoms with van der Waals surface area (Å²) < 4.78 is 39.7. The van der Waals surface area contributed by atoms with Gasteiger partial charge in [-0.2, -0.15) is 18.3 Å². The van der Waals surface area contributed by atoms with Crippen LogP contribution in [0.3, 0.4) is 0 Å². The molecule has 0 aliphatic heterocycles. The second-order valence-electron chi connectivity index (χ2n) is 4.49. The molecule has 0 aliphatic rings. The van der Waals surface area contributed by atoms with Crippen LogP contribution in [0.25, 0.3) is 10.9 Å². The van der Waals surface area contributed by atoms with Crippen LogP contribution < -0.4 is 0 Å². The fourth-order valence-electron chi connectivity index (χ4n) is 2.11. The number of fused-ring (bicyclic) bond motifs is 1. The van der Waals surface area contributed by atoms with Gasteiger partial charge < -0.3 is 0 Å². The zero-order chi connectivity index (χ0) is 14.2. The van der Waals surface area contributed by atoms with Crippen molar-refractivity contribution in [3.8, 4) is 0 Å². The van der Waals surface area contributed by atoms with Crippen molar-refractivity contribution in [2.24, 2.45) is 0 Å². The second-order valence-corrected chi connectivity index (χ2v) is 4.49. The van der Waals surface area contributed by atoms with Crippen LogP contribution in [0.2, 0.25) is 0 Å². The van der Waals surface area contributed by atoms with Gasteiger partial charge in [-0.3, -0.25) is 4.68 Å². The maximum absolute atomic E-state index is 12.7. The first kappa shape index (κ1) is 12.7. The van der Waals surface area contributed by atoms with Gasteiger partial charge in [0.05, 0.1) is 23.8 Å². The van der Waals surface area contributed by atoms with Crippen molar-refractivity contribution in [3.63, 3.8) is 0 Å². The molecule has 3 rings (SSSR count). The zero-order valence-corrected chi connectivity index (χ0v) is 10.4. The lowest BCUT2D eigenvalue weighted by atomic mass is 10.1. The van der Waals surface area contributed by atoms with Crippen molar-refractivity contribution in [1.82, 2.24) is 9.78 Å². The third-order valence-electron chi connectivity index (χ3n) is 3.07. The Morgan fingerprint density at radius 1 is 1.20 bits per heavy atom. The Labute approximate surface area is 113 Å². The van der Waals surface area contributed by atoms with Crippen molar-refractivity contribution in [2.75, 3.05) is 0 Å². The van der Waals surface area contributed by atoms with Crippen molar-refractivity contribution >= 4 is 10.9 Å². The standard InChI is InChI=1S/C15H10F3N2/c16-15(17,18)13-6-3-4-11(8-13)10-20-14-7-2-1-5-12(14)9-19-20/h2-9H,10H2. The maximum atomic E-state index is 12.7. The topological polar surface area (TPSA) is 17.8 Å². The monoisotopic (exact) mass is 275 g/mol. The Morgan fingerprint density at radius 2 is 2.05 bits per heavy atom. The van der Waals surface area contributed by atoms with Gasteiger partial charge in [0.15, 0.2) is 0 Å². The molecule has 1 heterocycles. The number of alkyl halides is 3. The van der Waals surface area contributed by atoms with Crippen LogP contribution in [0.15, 0.2) is 48.7 Å². The van der Waals surface area contributed by atoms with E-state index in [-0.39, 0.29) is 0 Å². The van der Waals surface area contributed by atoms with E-state index in [4.69, 9.17) is 0 Å². The molecule has 0 unspecified atom stereocenters. The summed E-state index contributed by atoms with van der Waals surface area (Å²) >= 11 is 0. The summed E-state index contributed by atoms with van der Waals surface area (Å²) in [7, 11) is 0. The Morgan fingerprint density at radius 3 is 2.85 bits per heavy atom. The molecule has 1 radical (unpaired) electrons. The average Bonchev–Trinajstić information content (AvgIpc) is 2.82. The molecule has 20 heavy (non-hydrogen) atoms. The van der Waals surface area contributed by atoms with E-state index >= 15 is 0 Å². The lowest BCUT2D eigenvalue weighted by molar-refractivity contribution is -0.137. The zero-order valence-electron chi connectivity index (χ0n) is 10.4. The molecule has 0 saturated carbocycles. The SMILES string of the molecule is FC(F)(F)c1cccc(Cn2ncc3c[c]ccc32)c1. The summed E-state index contributed by atoms with van der Waals surface area (Å²) in [6.07, 6.45) is -2.64. The number of aromatic nitrogens is 2. The molecule has 2 aromatic carbocycles. The molecule has 0 bridgehead atoms. The van der Waals surface area contributed by atoms with Crippen LogP contribution >= 0.6 is 0 Å². The lowest BCUT2D eigenvalue weighted by Crippen LogP contribution is -2.07. The molecule has 0 amide bonds. The largest absolute Gasteiger partial charge is 0.416 e. The average molecular weight is 275 g/mol. The van der Waals surface area contributed by atoms with Gasteiger partial charge >= 0.3 is 6.18 Å². The first-order valence-corrected chi connectivity index (χ1v) is 6.02. The predicted octanol–water partition coefficient (Wildman–Crippen LogP) is 3.90. The van der Waals surface area contributed by atoms with Crippen molar-refractivity contribution < 1.29 is 13.2 Å². The van der Waals surface area contributed by atoms with Gasteiger partial charge in [0.25, 0.3) is 0 Å². The molecule has 0 spiro atoms. The van der Waals surface area contributed by atoms with Crippen LogP contribution in [-0.4, -0.2) is 9.78 Å². The predicted molar refractivity (Wildman–Crippen MR) is 69.1 cm³/mol. The molecule has 0 aliphatic carbocycles. The highest BCUT2D eigenvalue weighted by molar-refractivity contribution is 5.78. The van der Waals surface area contributed by atoms with Crippen molar-refractivity contribution in [1.29, 1.82) is 0 Å². The second kappa shape index (κ2) is 4.67. The number of rotatable bonds is 2.